The van der Waals surface area contributed by atoms with Crippen LogP contribution in [0.4, 0.5) is 0 Å². The van der Waals surface area contributed by atoms with Gasteiger partial charge >= 0.3 is 17.9 Å². The average Bonchev–Trinajstić information content (AvgIpc) is 3.39. The Balaban J connectivity index is 4.46. The van der Waals surface area contributed by atoms with Gasteiger partial charge in [-0.15, -0.1) is 0 Å². The standard InChI is InChI=1S/C67H112O6/c1-4-7-10-13-16-19-22-25-28-31-32-33-34-35-36-37-40-42-45-48-51-54-57-60-66(69)72-63-64(73-67(70)61-58-55-52-49-46-43-39-30-27-24-21-18-15-12-9-6-3)62-71-65(68)59-56-53-50-47-44-41-38-29-26-23-20-17-14-11-8-5-2/h7,10,16,19,21,24-25,28-30,32-33,35-36,38-40,42,64H,4-6,8-9,11-15,17-18,20,22-23,26-27,31,34,37,41,43-63H2,1-3H3/b10-7-,19-16-,24-21-,28-25-,33-32-,36-35-,38-29-,39-30-,42-40-. The molecule has 1 unspecified atom stereocenters. The lowest BCUT2D eigenvalue weighted by atomic mass is 10.1. The van der Waals surface area contributed by atoms with Crippen molar-refractivity contribution in [3.8, 4) is 0 Å². The first-order chi connectivity index (χ1) is 36.0. The Kier molecular flexibility index (Phi) is 57.4. The van der Waals surface area contributed by atoms with E-state index in [4.69, 9.17) is 14.2 Å². The zero-order chi connectivity index (χ0) is 52.9. The number of carbonyl (C=O) groups excluding carboxylic acids is 3. The Morgan fingerprint density at radius 1 is 0.288 bits per heavy atom. The van der Waals surface area contributed by atoms with Crippen LogP contribution < -0.4 is 0 Å². The van der Waals surface area contributed by atoms with Gasteiger partial charge in [0.05, 0.1) is 0 Å². The zero-order valence-corrected chi connectivity index (χ0v) is 47.6. The Bertz CT molecular complexity index is 1490. The molecule has 6 heteroatoms. The van der Waals surface area contributed by atoms with Gasteiger partial charge in [0.2, 0.25) is 0 Å². The molecule has 0 aromatic heterocycles. The molecule has 0 fully saturated rings. The Morgan fingerprint density at radius 2 is 0.534 bits per heavy atom. The van der Waals surface area contributed by atoms with Crippen LogP contribution >= 0.6 is 0 Å². The van der Waals surface area contributed by atoms with Gasteiger partial charge in [0.15, 0.2) is 6.10 Å². The molecule has 1 atom stereocenters. The Morgan fingerprint density at radius 3 is 0.863 bits per heavy atom. The van der Waals surface area contributed by atoms with Gasteiger partial charge < -0.3 is 14.2 Å². The van der Waals surface area contributed by atoms with Crippen LogP contribution in [-0.2, 0) is 28.6 Å². The van der Waals surface area contributed by atoms with E-state index in [-0.39, 0.29) is 31.1 Å². The summed E-state index contributed by atoms with van der Waals surface area (Å²) in [6.45, 7) is 6.48. The lowest BCUT2D eigenvalue weighted by molar-refractivity contribution is -0.167. The van der Waals surface area contributed by atoms with Gasteiger partial charge in [-0.1, -0.05) is 239 Å². The van der Waals surface area contributed by atoms with E-state index in [0.29, 0.717) is 19.3 Å². The monoisotopic (exact) mass is 1010 g/mol. The van der Waals surface area contributed by atoms with Crippen LogP contribution in [0, 0.1) is 0 Å². The smallest absolute Gasteiger partial charge is 0.306 e. The second kappa shape index (κ2) is 60.6. The second-order valence-corrected chi connectivity index (χ2v) is 19.9. The highest BCUT2D eigenvalue weighted by atomic mass is 16.6. The van der Waals surface area contributed by atoms with Crippen molar-refractivity contribution in [1.29, 1.82) is 0 Å². The summed E-state index contributed by atoms with van der Waals surface area (Å²) in [6.07, 6.45) is 82.2. The van der Waals surface area contributed by atoms with Gasteiger partial charge in [0.1, 0.15) is 13.2 Å². The Labute approximate surface area is 450 Å². The molecule has 0 spiro atoms. The molecule has 6 nitrogen and oxygen atoms in total. The molecule has 0 rings (SSSR count). The fraction of sp³-hybridized carbons (Fsp3) is 0.687. The van der Waals surface area contributed by atoms with Gasteiger partial charge in [0.25, 0.3) is 0 Å². The van der Waals surface area contributed by atoms with Crippen LogP contribution in [0.3, 0.4) is 0 Å². The predicted octanol–water partition coefficient (Wildman–Crippen LogP) is 20.7. The van der Waals surface area contributed by atoms with E-state index < -0.39 is 6.10 Å². The maximum atomic E-state index is 12.9. The Hall–Kier alpha value is -3.93. The summed E-state index contributed by atoms with van der Waals surface area (Å²) >= 11 is 0. The van der Waals surface area contributed by atoms with Gasteiger partial charge in [-0.3, -0.25) is 14.4 Å². The van der Waals surface area contributed by atoms with E-state index >= 15 is 0 Å². The number of hydrogen-bond acceptors (Lipinski definition) is 6. The van der Waals surface area contributed by atoms with E-state index in [1.807, 2.05) is 0 Å². The molecule has 73 heavy (non-hydrogen) atoms. The maximum absolute atomic E-state index is 12.9. The third-order valence-corrected chi connectivity index (χ3v) is 12.7. The van der Waals surface area contributed by atoms with Crippen molar-refractivity contribution in [3.63, 3.8) is 0 Å². The number of hydrogen-bond donors (Lipinski definition) is 0. The fourth-order valence-corrected chi connectivity index (χ4v) is 8.18. The second-order valence-electron chi connectivity index (χ2n) is 19.9. The molecule has 0 radical (unpaired) electrons. The molecule has 0 aliphatic carbocycles. The van der Waals surface area contributed by atoms with Gasteiger partial charge in [-0.05, 0) is 128 Å². The molecular formula is C67H112O6. The van der Waals surface area contributed by atoms with Crippen molar-refractivity contribution in [3.05, 3.63) is 109 Å². The van der Waals surface area contributed by atoms with E-state index in [0.717, 1.165) is 141 Å². The summed E-state index contributed by atoms with van der Waals surface area (Å²) in [7, 11) is 0. The molecule has 0 saturated heterocycles. The maximum Gasteiger partial charge on any atom is 0.306 e. The highest BCUT2D eigenvalue weighted by Gasteiger charge is 2.19. The molecular weight excluding hydrogens is 901 g/mol. The molecule has 0 aliphatic rings. The third kappa shape index (κ3) is 58.8. The van der Waals surface area contributed by atoms with E-state index in [9.17, 15) is 14.4 Å². The molecule has 416 valence electrons. The highest BCUT2D eigenvalue weighted by Crippen LogP contribution is 2.14. The van der Waals surface area contributed by atoms with Crippen molar-refractivity contribution in [2.45, 2.75) is 284 Å². The number of unbranched alkanes of at least 4 members (excludes halogenated alkanes) is 25. The molecule has 0 aliphatic heterocycles. The number of allylic oxidation sites excluding steroid dienone is 18. The summed E-state index contributed by atoms with van der Waals surface area (Å²) < 4.78 is 16.9. The largest absolute Gasteiger partial charge is 0.462 e. The van der Waals surface area contributed by atoms with Gasteiger partial charge in [-0.25, -0.2) is 0 Å². The van der Waals surface area contributed by atoms with Crippen molar-refractivity contribution in [2.75, 3.05) is 13.2 Å². The summed E-state index contributed by atoms with van der Waals surface area (Å²) in [5, 5.41) is 0. The normalized spacial score (nSPS) is 12.9. The van der Waals surface area contributed by atoms with Crippen LogP contribution in [0.15, 0.2) is 109 Å². The average molecular weight is 1010 g/mol. The van der Waals surface area contributed by atoms with Crippen LogP contribution in [0.25, 0.3) is 0 Å². The van der Waals surface area contributed by atoms with Gasteiger partial charge in [0, 0.05) is 19.3 Å². The quantitative estimate of drug-likeness (QED) is 0.0261. The minimum Gasteiger partial charge on any atom is -0.462 e. The van der Waals surface area contributed by atoms with Crippen molar-refractivity contribution in [2.24, 2.45) is 0 Å². The summed E-state index contributed by atoms with van der Waals surface area (Å²) in [4.78, 5) is 38.2. The summed E-state index contributed by atoms with van der Waals surface area (Å²) in [6, 6.07) is 0. The SMILES string of the molecule is CC/C=C\C/C=C\C/C=C\C/C=C\C/C=C\C/C=C\CCCCCCC(=O)OCC(COC(=O)CCCCCCC/C=C\CCCCCCCCC)OC(=O)CCCCCCC/C=C\C/C=C\CCCCCC. The lowest BCUT2D eigenvalue weighted by Gasteiger charge is -2.18. The van der Waals surface area contributed by atoms with Crippen molar-refractivity contribution < 1.29 is 28.6 Å². The van der Waals surface area contributed by atoms with Gasteiger partial charge in [-0.2, -0.15) is 0 Å². The zero-order valence-electron chi connectivity index (χ0n) is 47.6. The first kappa shape index (κ1) is 69.1. The number of rotatable bonds is 54. The number of esters is 3. The topological polar surface area (TPSA) is 78.9 Å². The highest BCUT2D eigenvalue weighted by molar-refractivity contribution is 5.71. The number of carbonyl (C=O) groups is 3. The minimum atomic E-state index is -0.802. The van der Waals surface area contributed by atoms with Crippen molar-refractivity contribution in [1.82, 2.24) is 0 Å². The summed E-state index contributed by atoms with van der Waals surface area (Å²) in [5.74, 6) is -0.941. The molecule has 0 N–H and O–H groups in total. The first-order valence-corrected chi connectivity index (χ1v) is 30.4. The molecule has 0 aromatic rings. The fourth-order valence-electron chi connectivity index (χ4n) is 8.18. The van der Waals surface area contributed by atoms with Crippen LogP contribution in [0.2, 0.25) is 0 Å². The summed E-state index contributed by atoms with van der Waals surface area (Å²) in [5.41, 5.74) is 0. The van der Waals surface area contributed by atoms with Crippen LogP contribution in [-0.4, -0.2) is 37.2 Å². The number of ether oxygens (including phenoxy) is 3. The van der Waals surface area contributed by atoms with Crippen LogP contribution in [0.1, 0.15) is 278 Å². The van der Waals surface area contributed by atoms with Crippen LogP contribution in [0.5, 0.6) is 0 Å². The minimum absolute atomic E-state index is 0.0973. The van der Waals surface area contributed by atoms with E-state index in [2.05, 4.69) is 130 Å². The molecule has 0 bridgehead atoms. The third-order valence-electron chi connectivity index (χ3n) is 12.7. The molecule has 0 heterocycles. The first-order valence-electron chi connectivity index (χ1n) is 30.4. The van der Waals surface area contributed by atoms with Crippen molar-refractivity contribution >= 4 is 17.9 Å². The predicted molar refractivity (Wildman–Crippen MR) is 316 cm³/mol. The molecule has 0 amide bonds. The lowest BCUT2D eigenvalue weighted by Crippen LogP contribution is -2.30. The van der Waals surface area contributed by atoms with E-state index in [1.165, 1.54) is 96.3 Å². The molecule has 0 saturated carbocycles. The van der Waals surface area contributed by atoms with E-state index in [1.54, 1.807) is 0 Å². The molecule has 0 aromatic carbocycles.